The number of phenolic OH excluding ortho intramolecular Hbond substituents is 1. The summed E-state index contributed by atoms with van der Waals surface area (Å²) < 4.78 is 43.3. The molecule has 1 aliphatic rings. The van der Waals surface area contributed by atoms with Gasteiger partial charge in [0.15, 0.2) is 0 Å². The molecular formula is C20H19F3N4O2. The average Bonchev–Trinajstić information content (AvgIpc) is 3.16. The molecule has 6 nitrogen and oxygen atoms in total. The monoisotopic (exact) mass is 404 g/mol. The molecule has 1 N–H and O–H groups in total. The Morgan fingerprint density at radius 3 is 2.38 bits per heavy atom. The molecular weight excluding hydrogens is 385 g/mol. The van der Waals surface area contributed by atoms with Crippen LogP contribution >= 0.6 is 0 Å². The fourth-order valence-corrected chi connectivity index (χ4v) is 3.29. The lowest BCUT2D eigenvalue weighted by atomic mass is 10.1. The molecule has 152 valence electrons. The molecule has 29 heavy (non-hydrogen) atoms. The van der Waals surface area contributed by atoms with Gasteiger partial charge in [-0.05, 0) is 24.3 Å². The summed E-state index contributed by atoms with van der Waals surface area (Å²) in [5.41, 5.74) is 0.739. The van der Waals surface area contributed by atoms with Crippen molar-refractivity contribution in [3.63, 3.8) is 0 Å². The Morgan fingerprint density at radius 2 is 1.72 bits per heavy atom. The summed E-state index contributed by atoms with van der Waals surface area (Å²) >= 11 is 0. The fourth-order valence-electron chi connectivity index (χ4n) is 3.29. The van der Waals surface area contributed by atoms with E-state index in [0.717, 1.165) is 44.0 Å². The summed E-state index contributed by atoms with van der Waals surface area (Å²) in [6.45, 7) is 3.63. The highest BCUT2D eigenvalue weighted by Gasteiger charge is 2.30. The first kappa shape index (κ1) is 19.3. The van der Waals surface area contributed by atoms with Crippen molar-refractivity contribution in [1.82, 2.24) is 15.0 Å². The molecule has 0 aliphatic carbocycles. The molecule has 4 rings (SSSR count). The molecule has 0 unspecified atom stereocenters. The van der Waals surface area contributed by atoms with Crippen LogP contribution < -0.4 is 4.90 Å². The molecule has 0 amide bonds. The van der Waals surface area contributed by atoms with Crippen LogP contribution in [-0.2, 0) is 12.7 Å². The number of hydrogen-bond donors (Lipinski definition) is 1. The summed E-state index contributed by atoms with van der Waals surface area (Å²) in [4.78, 5) is 8.67. The van der Waals surface area contributed by atoms with Gasteiger partial charge < -0.3 is 14.5 Å². The van der Waals surface area contributed by atoms with E-state index in [0.29, 0.717) is 18.0 Å². The van der Waals surface area contributed by atoms with E-state index < -0.39 is 11.7 Å². The number of anilines is 1. The number of hydrogen-bond acceptors (Lipinski definition) is 6. The van der Waals surface area contributed by atoms with Gasteiger partial charge in [-0.15, -0.1) is 0 Å². The quantitative estimate of drug-likeness (QED) is 0.714. The van der Waals surface area contributed by atoms with E-state index in [-0.39, 0.29) is 11.6 Å². The topological polar surface area (TPSA) is 65.6 Å². The summed E-state index contributed by atoms with van der Waals surface area (Å²) in [5, 5.41) is 13.5. The predicted molar refractivity (Wildman–Crippen MR) is 100 cm³/mol. The van der Waals surface area contributed by atoms with E-state index in [1.54, 1.807) is 12.1 Å². The zero-order valence-electron chi connectivity index (χ0n) is 15.4. The van der Waals surface area contributed by atoms with Gasteiger partial charge in [0.2, 0.25) is 11.7 Å². The minimum Gasteiger partial charge on any atom is -0.508 e. The SMILES string of the molecule is Oc1cccc(N2CCN(Cc3nc(-c4ccc(C(F)(F)F)cc4)no3)CC2)c1. The van der Waals surface area contributed by atoms with Crippen molar-refractivity contribution in [3.8, 4) is 17.1 Å². The van der Waals surface area contributed by atoms with Gasteiger partial charge in [0, 0.05) is 43.5 Å². The highest BCUT2D eigenvalue weighted by molar-refractivity contribution is 5.55. The number of piperazine rings is 1. The van der Waals surface area contributed by atoms with Gasteiger partial charge in [0.05, 0.1) is 12.1 Å². The molecule has 1 aliphatic heterocycles. The third kappa shape index (κ3) is 4.51. The Bertz CT molecular complexity index is 964. The maximum Gasteiger partial charge on any atom is 0.416 e. The number of benzene rings is 2. The van der Waals surface area contributed by atoms with Crippen LogP contribution in [0.15, 0.2) is 53.1 Å². The normalized spacial score (nSPS) is 15.6. The molecule has 1 saturated heterocycles. The molecule has 9 heteroatoms. The van der Waals surface area contributed by atoms with Gasteiger partial charge in [-0.25, -0.2) is 0 Å². The van der Waals surface area contributed by atoms with Crippen LogP contribution in [0.1, 0.15) is 11.5 Å². The zero-order valence-corrected chi connectivity index (χ0v) is 15.4. The van der Waals surface area contributed by atoms with Gasteiger partial charge in [-0.1, -0.05) is 23.4 Å². The second-order valence-electron chi connectivity index (χ2n) is 6.87. The van der Waals surface area contributed by atoms with Crippen molar-refractivity contribution in [2.24, 2.45) is 0 Å². The predicted octanol–water partition coefficient (Wildman–Crippen LogP) is 3.78. The first-order valence-electron chi connectivity index (χ1n) is 9.15. The lowest BCUT2D eigenvalue weighted by Crippen LogP contribution is -2.46. The van der Waals surface area contributed by atoms with Crippen molar-refractivity contribution in [3.05, 3.63) is 60.0 Å². The van der Waals surface area contributed by atoms with Crippen molar-refractivity contribution in [1.29, 1.82) is 0 Å². The third-order valence-corrected chi connectivity index (χ3v) is 4.86. The van der Waals surface area contributed by atoms with E-state index in [2.05, 4.69) is 19.9 Å². The maximum atomic E-state index is 12.7. The Kier molecular flexibility index (Phi) is 5.14. The number of phenols is 1. The number of halogens is 3. The van der Waals surface area contributed by atoms with Gasteiger partial charge in [-0.3, -0.25) is 4.90 Å². The van der Waals surface area contributed by atoms with E-state index in [1.165, 1.54) is 12.1 Å². The van der Waals surface area contributed by atoms with Gasteiger partial charge in [-0.2, -0.15) is 18.2 Å². The zero-order chi connectivity index (χ0) is 20.4. The van der Waals surface area contributed by atoms with Gasteiger partial charge in [0.1, 0.15) is 5.75 Å². The number of aromatic nitrogens is 2. The summed E-state index contributed by atoms with van der Waals surface area (Å²) in [6.07, 6.45) is -4.37. The Labute approximate surface area is 165 Å². The summed E-state index contributed by atoms with van der Waals surface area (Å²) in [6, 6.07) is 11.9. The molecule has 3 aromatic rings. The summed E-state index contributed by atoms with van der Waals surface area (Å²) in [5.74, 6) is 0.935. The first-order valence-corrected chi connectivity index (χ1v) is 9.15. The van der Waals surface area contributed by atoms with Crippen LogP contribution in [-0.4, -0.2) is 46.3 Å². The van der Waals surface area contributed by atoms with Crippen LogP contribution in [0.3, 0.4) is 0 Å². The van der Waals surface area contributed by atoms with Crippen molar-refractivity contribution >= 4 is 5.69 Å². The maximum absolute atomic E-state index is 12.7. The number of alkyl halides is 3. The van der Waals surface area contributed by atoms with Crippen LogP contribution in [0, 0.1) is 0 Å². The van der Waals surface area contributed by atoms with E-state index in [1.807, 2.05) is 12.1 Å². The van der Waals surface area contributed by atoms with Crippen LogP contribution in [0.25, 0.3) is 11.4 Å². The molecule has 0 saturated carbocycles. The number of rotatable bonds is 4. The lowest BCUT2D eigenvalue weighted by molar-refractivity contribution is -0.137. The Balaban J connectivity index is 1.35. The molecule has 1 fully saturated rings. The molecule has 1 aromatic heterocycles. The van der Waals surface area contributed by atoms with Crippen LogP contribution in [0.2, 0.25) is 0 Å². The molecule has 0 spiro atoms. The minimum absolute atomic E-state index is 0.242. The Hall–Kier alpha value is -3.07. The van der Waals surface area contributed by atoms with Crippen LogP contribution in [0.5, 0.6) is 5.75 Å². The van der Waals surface area contributed by atoms with Gasteiger partial charge >= 0.3 is 6.18 Å². The van der Waals surface area contributed by atoms with E-state index in [4.69, 9.17) is 4.52 Å². The largest absolute Gasteiger partial charge is 0.508 e. The number of aromatic hydroxyl groups is 1. The Morgan fingerprint density at radius 1 is 1.00 bits per heavy atom. The van der Waals surface area contributed by atoms with Crippen LogP contribution in [0.4, 0.5) is 18.9 Å². The molecule has 0 atom stereocenters. The average molecular weight is 404 g/mol. The summed E-state index contributed by atoms with van der Waals surface area (Å²) in [7, 11) is 0. The fraction of sp³-hybridized carbons (Fsp3) is 0.300. The standard InChI is InChI=1S/C20H19F3N4O2/c21-20(22,23)15-6-4-14(5-7-15)19-24-18(29-25-19)13-26-8-10-27(11-9-26)16-2-1-3-17(28)12-16/h1-7,12,28H,8-11,13H2. The lowest BCUT2D eigenvalue weighted by Gasteiger charge is -2.35. The smallest absolute Gasteiger partial charge is 0.416 e. The number of nitrogens with zero attached hydrogens (tertiary/aromatic N) is 4. The highest BCUT2D eigenvalue weighted by atomic mass is 19.4. The second kappa shape index (κ2) is 7.75. The van der Waals surface area contributed by atoms with E-state index in [9.17, 15) is 18.3 Å². The molecule has 2 aromatic carbocycles. The van der Waals surface area contributed by atoms with E-state index >= 15 is 0 Å². The highest BCUT2D eigenvalue weighted by Crippen LogP contribution is 2.30. The second-order valence-corrected chi connectivity index (χ2v) is 6.87. The molecule has 0 radical (unpaired) electrons. The van der Waals surface area contributed by atoms with Gasteiger partial charge in [0.25, 0.3) is 0 Å². The third-order valence-electron chi connectivity index (χ3n) is 4.86. The van der Waals surface area contributed by atoms with Crippen molar-refractivity contribution in [2.75, 3.05) is 31.1 Å². The first-order chi connectivity index (χ1) is 13.9. The van der Waals surface area contributed by atoms with Crippen molar-refractivity contribution < 1.29 is 22.8 Å². The molecule has 2 heterocycles. The molecule has 0 bridgehead atoms. The van der Waals surface area contributed by atoms with Crippen molar-refractivity contribution in [2.45, 2.75) is 12.7 Å². The minimum atomic E-state index is -4.37.